The van der Waals surface area contributed by atoms with E-state index >= 15 is 0 Å². The average molecular weight is 327 g/mol. The molecule has 3 amide bonds. The molecule has 3 aromatic heterocycles. The first-order chi connectivity index (χ1) is 11.6. The van der Waals surface area contributed by atoms with E-state index in [1.165, 1.54) is 12.5 Å². The van der Waals surface area contributed by atoms with Gasteiger partial charge in [0, 0.05) is 6.07 Å². The lowest BCUT2D eigenvalue weighted by molar-refractivity contribution is -0.132. The Morgan fingerprint density at radius 2 is 1.96 bits per heavy atom. The fourth-order valence-corrected chi connectivity index (χ4v) is 2.65. The van der Waals surface area contributed by atoms with Crippen LogP contribution in [0.2, 0.25) is 0 Å². The van der Waals surface area contributed by atoms with E-state index in [1.54, 1.807) is 37.3 Å². The zero-order chi connectivity index (χ0) is 16.7. The summed E-state index contributed by atoms with van der Waals surface area (Å²) in [5, 5.41) is 6.54. The number of aromatic nitrogens is 1. The number of furan rings is 2. The monoisotopic (exact) mass is 327 g/mol. The van der Waals surface area contributed by atoms with Crippen molar-refractivity contribution in [2.45, 2.75) is 19.0 Å². The molecule has 1 fully saturated rings. The number of hydrogen-bond acceptors (Lipinski definition) is 6. The van der Waals surface area contributed by atoms with Crippen LogP contribution in [0.5, 0.6) is 0 Å². The Balaban J connectivity index is 1.57. The highest BCUT2D eigenvalue weighted by molar-refractivity contribution is 6.06. The summed E-state index contributed by atoms with van der Waals surface area (Å²) in [5.41, 5.74) is -0.790. The second-order valence-electron chi connectivity index (χ2n) is 5.58. The summed E-state index contributed by atoms with van der Waals surface area (Å²) in [5.74, 6) is 0.909. The molecule has 0 spiro atoms. The normalized spacial score (nSPS) is 20.6. The molecule has 8 nitrogen and oxygen atoms in total. The Hall–Kier alpha value is -3.29. The second kappa shape index (κ2) is 5.12. The highest BCUT2D eigenvalue weighted by Crippen LogP contribution is 2.30. The Morgan fingerprint density at radius 1 is 1.17 bits per heavy atom. The maximum Gasteiger partial charge on any atom is 0.325 e. The standard InChI is InChI=1S/C16H13N3O5/c1-16(13-5-3-7-23-13)14(20)19(15(21)17-16)9-10-8-12(24-18-10)11-4-2-6-22-11/h2-8H,9H2,1H3,(H,17,21)/t16-/m1/s1. The van der Waals surface area contributed by atoms with Crippen LogP contribution in [0, 0.1) is 0 Å². The molecule has 0 unspecified atom stereocenters. The molecule has 0 radical (unpaired) electrons. The lowest BCUT2D eigenvalue weighted by Gasteiger charge is -2.18. The van der Waals surface area contributed by atoms with Gasteiger partial charge in [-0.2, -0.15) is 0 Å². The summed E-state index contributed by atoms with van der Waals surface area (Å²) < 4.78 is 15.7. The molecule has 0 bridgehead atoms. The molecule has 24 heavy (non-hydrogen) atoms. The van der Waals surface area contributed by atoms with Crippen molar-refractivity contribution in [3.05, 3.63) is 54.3 Å². The fraction of sp³-hybridized carbons (Fsp3) is 0.188. The maximum absolute atomic E-state index is 12.7. The Bertz CT molecular complexity index is 881. The quantitative estimate of drug-likeness (QED) is 0.739. The summed E-state index contributed by atoms with van der Waals surface area (Å²) in [7, 11) is 0. The highest BCUT2D eigenvalue weighted by Gasteiger charge is 2.51. The molecule has 1 aliphatic heterocycles. The third kappa shape index (κ3) is 2.11. The van der Waals surface area contributed by atoms with E-state index in [9.17, 15) is 9.59 Å². The molecule has 122 valence electrons. The molecule has 4 rings (SSSR count). The molecule has 0 saturated carbocycles. The van der Waals surface area contributed by atoms with Crippen LogP contribution in [-0.2, 0) is 16.9 Å². The van der Waals surface area contributed by atoms with Crippen molar-refractivity contribution in [1.82, 2.24) is 15.4 Å². The molecule has 0 aliphatic carbocycles. The Kier molecular flexibility index (Phi) is 3.05. The van der Waals surface area contributed by atoms with Gasteiger partial charge in [0.25, 0.3) is 5.91 Å². The number of hydrogen-bond donors (Lipinski definition) is 1. The van der Waals surface area contributed by atoms with Gasteiger partial charge in [0.05, 0.1) is 19.1 Å². The fourth-order valence-electron chi connectivity index (χ4n) is 2.65. The number of nitrogens with one attached hydrogen (secondary N) is 1. The van der Waals surface area contributed by atoms with Crippen molar-refractivity contribution in [3.63, 3.8) is 0 Å². The van der Waals surface area contributed by atoms with Crippen LogP contribution in [-0.4, -0.2) is 22.0 Å². The summed E-state index contributed by atoms with van der Waals surface area (Å²) in [6.45, 7) is 1.59. The number of carbonyl (C=O) groups excluding carboxylic acids is 2. The maximum atomic E-state index is 12.7. The minimum Gasteiger partial charge on any atom is -0.466 e. The molecular weight excluding hydrogens is 314 g/mol. The van der Waals surface area contributed by atoms with Crippen LogP contribution in [0.25, 0.3) is 11.5 Å². The van der Waals surface area contributed by atoms with E-state index in [1.807, 2.05) is 0 Å². The van der Waals surface area contributed by atoms with Crippen LogP contribution < -0.4 is 5.32 Å². The first kappa shape index (κ1) is 14.3. The van der Waals surface area contributed by atoms with Crippen LogP contribution in [0.1, 0.15) is 18.4 Å². The number of rotatable bonds is 4. The minimum atomic E-state index is -1.23. The van der Waals surface area contributed by atoms with Gasteiger partial charge in [-0.1, -0.05) is 5.16 Å². The molecule has 8 heteroatoms. The summed E-state index contributed by atoms with van der Waals surface area (Å²) >= 11 is 0. The third-order valence-corrected chi connectivity index (χ3v) is 3.93. The summed E-state index contributed by atoms with van der Waals surface area (Å²) in [6, 6.07) is 7.88. The van der Waals surface area contributed by atoms with E-state index in [-0.39, 0.29) is 6.54 Å². The van der Waals surface area contributed by atoms with E-state index in [4.69, 9.17) is 13.4 Å². The summed E-state index contributed by atoms with van der Waals surface area (Å²) in [6.07, 6.45) is 2.97. The molecule has 1 saturated heterocycles. The van der Waals surface area contributed by atoms with Gasteiger partial charge < -0.3 is 18.7 Å². The number of carbonyl (C=O) groups is 2. The van der Waals surface area contributed by atoms with Gasteiger partial charge in [-0.05, 0) is 31.2 Å². The van der Waals surface area contributed by atoms with Gasteiger partial charge in [0.2, 0.25) is 5.76 Å². The smallest absolute Gasteiger partial charge is 0.325 e. The van der Waals surface area contributed by atoms with Gasteiger partial charge >= 0.3 is 6.03 Å². The second-order valence-corrected chi connectivity index (χ2v) is 5.58. The first-order valence-electron chi connectivity index (χ1n) is 7.25. The molecular formula is C16H13N3O5. The SMILES string of the molecule is C[C@]1(c2ccco2)NC(=O)N(Cc2cc(-c3ccco3)on2)C1=O. The summed E-state index contributed by atoms with van der Waals surface area (Å²) in [4.78, 5) is 26.0. The van der Waals surface area contributed by atoms with Crippen LogP contribution in [0.4, 0.5) is 4.79 Å². The predicted molar refractivity (Wildman–Crippen MR) is 79.3 cm³/mol. The van der Waals surface area contributed by atoms with Gasteiger partial charge in [0.15, 0.2) is 11.3 Å². The first-order valence-corrected chi connectivity index (χ1v) is 7.25. The third-order valence-electron chi connectivity index (χ3n) is 3.93. The van der Waals surface area contributed by atoms with Crippen LogP contribution in [0.15, 0.2) is 56.2 Å². The molecule has 1 N–H and O–H groups in total. The van der Waals surface area contributed by atoms with Crippen molar-refractivity contribution in [3.8, 4) is 11.5 Å². The number of urea groups is 1. The van der Waals surface area contributed by atoms with Crippen molar-refractivity contribution < 1.29 is 22.9 Å². The topological polar surface area (TPSA) is 102 Å². The number of amides is 3. The van der Waals surface area contributed by atoms with Crippen molar-refractivity contribution in [1.29, 1.82) is 0 Å². The van der Waals surface area contributed by atoms with E-state index < -0.39 is 17.5 Å². The molecule has 0 aromatic carbocycles. The zero-order valence-electron chi connectivity index (χ0n) is 12.7. The lowest BCUT2D eigenvalue weighted by Crippen LogP contribution is -2.40. The van der Waals surface area contributed by atoms with Crippen molar-refractivity contribution in [2.24, 2.45) is 0 Å². The van der Waals surface area contributed by atoms with Crippen LogP contribution in [0.3, 0.4) is 0 Å². The lowest BCUT2D eigenvalue weighted by atomic mass is 9.99. The predicted octanol–water partition coefficient (Wildman–Crippen LogP) is 2.49. The van der Waals surface area contributed by atoms with Crippen molar-refractivity contribution in [2.75, 3.05) is 0 Å². The van der Waals surface area contributed by atoms with Gasteiger partial charge in [-0.15, -0.1) is 0 Å². The zero-order valence-corrected chi connectivity index (χ0v) is 12.7. The van der Waals surface area contributed by atoms with Gasteiger partial charge in [0.1, 0.15) is 11.5 Å². The van der Waals surface area contributed by atoms with E-state index in [0.717, 1.165) is 4.90 Å². The van der Waals surface area contributed by atoms with Gasteiger partial charge in [-0.3, -0.25) is 9.69 Å². The molecule has 4 heterocycles. The van der Waals surface area contributed by atoms with E-state index in [2.05, 4.69) is 10.5 Å². The largest absolute Gasteiger partial charge is 0.466 e. The van der Waals surface area contributed by atoms with Gasteiger partial charge in [-0.25, -0.2) is 4.79 Å². The van der Waals surface area contributed by atoms with Crippen molar-refractivity contribution >= 4 is 11.9 Å². The Morgan fingerprint density at radius 3 is 2.67 bits per heavy atom. The molecule has 3 aromatic rings. The highest BCUT2D eigenvalue weighted by atomic mass is 16.5. The Labute approximate surface area is 136 Å². The van der Waals surface area contributed by atoms with Crippen LogP contribution >= 0.6 is 0 Å². The number of imide groups is 1. The van der Waals surface area contributed by atoms with E-state index in [0.29, 0.717) is 23.0 Å². The minimum absolute atomic E-state index is 0.00876. The average Bonchev–Trinajstić information content (AvgIpc) is 3.34. The molecule has 1 aliphatic rings. The molecule has 1 atom stereocenters. The number of nitrogens with zero attached hydrogens (tertiary/aromatic N) is 2.